The molecule has 1 saturated heterocycles. The summed E-state index contributed by atoms with van der Waals surface area (Å²) in [5.74, 6) is -0.298. The fraction of sp³-hybridized carbons (Fsp3) is 0.500. The van der Waals surface area contributed by atoms with E-state index >= 15 is 0 Å². The van der Waals surface area contributed by atoms with E-state index in [1.807, 2.05) is 12.1 Å². The first kappa shape index (κ1) is 11.4. The van der Waals surface area contributed by atoms with E-state index < -0.39 is 5.97 Å². The maximum absolute atomic E-state index is 11.3. The summed E-state index contributed by atoms with van der Waals surface area (Å²) < 4.78 is 5.08. The smallest absolute Gasteiger partial charge is 0.337 e. The number of ether oxygens (including phenoxy) is 1. The monoisotopic (exact) mass is 247 g/mol. The molecular weight excluding hydrogens is 230 g/mol. The molecule has 1 aliphatic carbocycles. The number of aromatic carboxylic acids is 1. The highest BCUT2D eigenvalue weighted by atomic mass is 16.5. The van der Waals surface area contributed by atoms with Crippen molar-refractivity contribution in [2.24, 2.45) is 5.41 Å². The largest absolute Gasteiger partial charge is 0.497 e. The van der Waals surface area contributed by atoms with Gasteiger partial charge in [0.15, 0.2) is 0 Å². The zero-order valence-corrected chi connectivity index (χ0v) is 10.5. The van der Waals surface area contributed by atoms with Crippen LogP contribution in [0.15, 0.2) is 18.2 Å². The van der Waals surface area contributed by atoms with Gasteiger partial charge in [-0.15, -0.1) is 0 Å². The second-order valence-electron chi connectivity index (χ2n) is 5.40. The molecule has 1 saturated carbocycles. The molecular formula is C14H17NO3. The van der Waals surface area contributed by atoms with E-state index in [0.29, 0.717) is 16.7 Å². The van der Waals surface area contributed by atoms with Gasteiger partial charge in [0.25, 0.3) is 0 Å². The first-order valence-corrected chi connectivity index (χ1v) is 6.30. The topological polar surface area (TPSA) is 49.8 Å². The van der Waals surface area contributed by atoms with Crippen molar-refractivity contribution in [2.45, 2.75) is 19.3 Å². The number of anilines is 1. The average Bonchev–Trinajstić information content (AvgIpc) is 2.25. The predicted octanol–water partition coefficient (Wildman–Crippen LogP) is 2.38. The first-order valence-electron chi connectivity index (χ1n) is 6.30. The molecule has 0 atom stereocenters. The van der Waals surface area contributed by atoms with Gasteiger partial charge in [-0.2, -0.15) is 0 Å². The van der Waals surface area contributed by atoms with Crippen LogP contribution in [-0.2, 0) is 0 Å². The van der Waals surface area contributed by atoms with E-state index in [-0.39, 0.29) is 0 Å². The average molecular weight is 247 g/mol. The Morgan fingerprint density at radius 2 is 2.11 bits per heavy atom. The van der Waals surface area contributed by atoms with Gasteiger partial charge in [0.1, 0.15) is 5.75 Å². The van der Waals surface area contributed by atoms with Gasteiger partial charge in [0.2, 0.25) is 0 Å². The minimum atomic E-state index is -0.890. The van der Waals surface area contributed by atoms with Crippen molar-refractivity contribution in [3.05, 3.63) is 23.8 Å². The summed E-state index contributed by atoms with van der Waals surface area (Å²) in [6.45, 7) is 2.00. The van der Waals surface area contributed by atoms with Gasteiger partial charge in [0, 0.05) is 18.5 Å². The molecule has 0 radical (unpaired) electrons. The van der Waals surface area contributed by atoms with E-state index in [9.17, 15) is 9.90 Å². The Balaban J connectivity index is 1.85. The lowest BCUT2D eigenvalue weighted by Crippen LogP contribution is -2.60. The van der Waals surface area contributed by atoms with Crippen LogP contribution in [0.5, 0.6) is 5.75 Å². The van der Waals surface area contributed by atoms with Crippen LogP contribution in [0, 0.1) is 5.41 Å². The molecule has 1 aromatic carbocycles. The number of carboxylic acid groups (broad SMARTS) is 1. The zero-order chi connectivity index (χ0) is 12.8. The molecule has 1 heterocycles. The molecule has 3 rings (SSSR count). The highest BCUT2D eigenvalue weighted by molar-refractivity contribution is 5.95. The molecule has 0 amide bonds. The van der Waals surface area contributed by atoms with Crippen LogP contribution >= 0.6 is 0 Å². The van der Waals surface area contributed by atoms with Crippen LogP contribution in [0.4, 0.5) is 5.69 Å². The summed E-state index contributed by atoms with van der Waals surface area (Å²) in [6, 6.07) is 5.28. The molecule has 18 heavy (non-hydrogen) atoms. The summed E-state index contributed by atoms with van der Waals surface area (Å²) in [5, 5.41) is 9.27. The second kappa shape index (κ2) is 3.90. The molecule has 2 fully saturated rings. The zero-order valence-electron chi connectivity index (χ0n) is 10.5. The van der Waals surface area contributed by atoms with E-state index in [2.05, 4.69) is 4.90 Å². The van der Waals surface area contributed by atoms with Crippen molar-refractivity contribution in [3.8, 4) is 5.75 Å². The Labute approximate surface area is 106 Å². The summed E-state index contributed by atoms with van der Waals surface area (Å²) in [4.78, 5) is 13.5. The number of hydrogen-bond donors (Lipinski definition) is 1. The van der Waals surface area contributed by atoms with Crippen LogP contribution < -0.4 is 9.64 Å². The lowest BCUT2D eigenvalue weighted by Gasteiger charge is -2.57. The van der Waals surface area contributed by atoms with Crippen molar-refractivity contribution in [1.82, 2.24) is 0 Å². The number of benzene rings is 1. The summed E-state index contributed by atoms with van der Waals surface area (Å²) >= 11 is 0. The van der Waals surface area contributed by atoms with Crippen molar-refractivity contribution in [2.75, 3.05) is 25.1 Å². The van der Waals surface area contributed by atoms with Crippen LogP contribution in [0.25, 0.3) is 0 Å². The number of hydrogen-bond acceptors (Lipinski definition) is 3. The van der Waals surface area contributed by atoms with Gasteiger partial charge in [-0.1, -0.05) is 6.42 Å². The predicted molar refractivity (Wildman–Crippen MR) is 68.5 cm³/mol. The standard InChI is InChI=1S/C14H17NO3/c1-18-10-3-4-12(11(7-10)13(16)17)15-8-14(9-15)5-2-6-14/h3-4,7H,2,5-6,8-9H2,1H3,(H,16,17). The molecule has 1 aliphatic heterocycles. The molecule has 1 N–H and O–H groups in total. The van der Waals surface area contributed by atoms with Crippen molar-refractivity contribution >= 4 is 11.7 Å². The Morgan fingerprint density at radius 3 is 2.61 bits per heavy atom. The van der Waals surface area contributed by atoms with Gasteiger partial charge < -0.3 is 14.7 Å². The summed E-state index contributed by atoms with van der Waals surface area (Å²) in [7, 11) is 1.55. The number of rotatable bonds is 3. The van der Waals surface area contributed by atoms with E-state index in [0.717, 1.165) is 18.8 Å². The highest BCUT2D eigenvalue weighted by Gasteiger charge is 2.47. The van der Waals surface area contributed by atoms with Crippen molar-refractivity contribution in [1.29, 1.82) is 0 Å². The third kappa shape index (κ3) is 1.64. The quantitative estimate of drug-likeness (QED) is 0.891. The van der Waals surface area contributed by atoms with E-state index in [4.69, 9.17) is 4.74 Å². The van der Waals surface area contributed by atoms with Crippen LogP contribution in [0.2, 0.25) is 0 Å². The van der Waals surface area contributed by atoms with Gasteiger partial charge in [-0.25, -0.2) is 4.79 Å². The fourth-order valence-electron chi connectivity index (χ4n) is 3.02. The van der Waals surface area contributed by atoms with Gasteiger partial charge in [-0.3, -0.25) is 0 Å². The maximum Gasteiger partial charge on any atom is 0.337 e. The summed E-state index contributed by atoms with van der Waals surface area (Å²) in [5.41, 5.74) is 1.65. The molecule has 4 nitrogen and oxygen atoms in total. The van der Waals surface area contributed by atoms with Crippen molar-refractivity contribution < 1.29 is 14.6 Å². The molecule has 0 unspecified atom stereocenters. The normalized spacial score (nSPS) is 20.2. The Morgan fingerprint density at radius 1 is 1.39 bits per heavy atom. The Bertz CT molecular complexity index is 486. The van der Waals surface area contributed by atoms with Crippen LogP contribution in [-0.4, -0.2) is 31.3 Å². The molecule has 0 bridgehead atoms. The van der Waals surface area contributed by atoms with Crippen LogP contribution in [0.3, 0.4) is 0 Å². The Kier molecular flexibility index (Phi) is 2.47. The van der Waals surface area contributed by atoms with Crippen LogP contribution in [0.1, 0.15) is 29.6 Å². The third-order valence-electron chi connectivity index (χ3n) is 4.24. The van der Waals surface area contributed by atoms with Gasteiger partial charge in [0.05, 0.1) is 18.4 Å². The molecule has 1 aromatic rings. The number of nitrogens with zero attached hydrogens (tertiary/aromatic N) is 1. The first-order chi connectivity index (χ1) is 8.63. The third-order valence-corrected chi connectivity index (χ3v) is 4.24. The highest BCUT2D eigenvalue weighted by Crippen LogP contribution is 2.50. The molecule has 96 valence electrons. The summed E-state index contributed by atoms with van der Waals surface area (Å²) in [6.07, 6.45) is 3.91. The lowest BCUT2D eigenvalue weighted by molar-refractivity contribution is 0.0690. The van der Waals surface area contributed by atoms with E-state index in [1.165, 1.54) is 19.3 Å². The molecule has 0 aromatic heterocycles. The molecule has 1 spiro atoms. The van der Waals surface area contributed by atoms with E-state index in [1.54, 1.807) is 13.2 Å². The van der Waals surface area contributed by atoms with Crippen molar-refractivity contribution in [3.63, 3.8) is 0 Å². The molecule has 2 aliphatic rings. The van der Waals surface area contributed by atoms with Gasteiger partial charge >= 0.3 is 5.97 Å². The number of methoxy groups -OCH3 is 1. The lowest BCUT2D eigenvalue weighted by atomic mass is 9.63. The SMILES string of the molecule is COc1ccc(N2CC3(CCC3)C2)c(C(=O)O)c1. The minimum absolute atomic E-state index is 0.337. The maximum atomic E-state index is 11.3. The Hall–Kier alpha value is -1.71. The second-order valence-corrected chi connectivity index (χ2v) is 5.40. The fourth-order valence-corrected chi connectivity index (χ4v) is 3.02. The number of carbonyl (C=O) groups is 1. The number of carboxylic acids is 1. The minimum Gasteiger partial charge on any atom is -0.497 e. The van der Waals surface area contributed by atoms with Gasteiger partial charge in [-0.05, 0) is 31.0 Å². The molecule has 4 heteroatoms.